The number of hydrogen-bond acceptors (Lipinski definition) is 6. The predicted octanol–water partition coefficient (Wildman–Crippen LogP) is 2.41. The molecule has 1 aromatic heterocycles. The highest BCUT2D eigenvalue weighted by Gasteiger charge is 2.25. The van der Waals surface area contributed by atoms with E-state index in [1.54, 1.807) is 6.07 Å². The molecule has 0 aliphatic rings. The van der Waals surface area contributed by atoms with Crippen LogP contribution in [0, 0.1) is 0 Å². The van der Waals surface area contributed by atoms with E-state index in [-0.39, 0.29) is 9.90 Å². The second-order valence-corrected chi connectivity index (χ2v) is 7.34. The van der Waals surface area contributed by atoms with Crippen molar-refractivity contribution in [2.45, 2.75) is 4.21 Å². The van der Waals surface area contributed by atoms with E-state index in [0.29, 0.717) is 10.2 Å². The average molecular weight is 393 g/mol. The number of nitrogens with zero attached hydrogens (tertiary/aromatic N) is 1. The molecule has 2 aromatic rings. The SMILES string of the molecule is COc1ccc(NS(=O)(=O)c2scnc2C(=O)O)cc1Br. The van der Waals surface area contributed by atoms with Crippen molar-refractivity contribution < 1.29 is 23.1 Å². The van der Waals surface area contributed by atoms with Crippen molar-refractivity contribution in [2.24, 2.45) is 0 Å². The third kappa shape index (κ3) is 3.34. The van der Waals surface area contributed by atoms with E-state index < -0.39 is 21.7 Å². The molecule has 0 radical (unpaired) electrons. The van der Waals surface area contributed by atoms with Gasteiger partial charge in [0.1, 0.15) is 5.75 Å². The van der Waals surface area contributed by atoms with Crippen LogP contribution in [0.5, 0.6) is 5.75 Å². The lowest BCUT2D eigenvalue weighted by atomic mass is 10.3. The lowest BCUT2D eigenvalue weighted by molar-refractivity contribution is 0.0687. The van der Waals surface area contributed by atoms with E-state index in [2.05, 4.69) is 25.6 Å². The molecule has 0 spiro atoms. The third-order valence-corrected chi connectivity index (χ3v) is 5.76. The van der Waals surface area contributed by atoms with Crippen molar-refractivity contribution in [3.63, 3.8) is 0 Å². The van der Waals surface area contributed by atoms with Crippen molar-refractivity contribution in [1.29, 1.82) is 0 Å². The van der Waals surface area contributed by atoms with Crippen molar-refractivity contribution in [3.8, 4) is 5.75 Å². The van der Waals surface area contributed by atoms with Crippen molar-refractivity contribution >= 4 is 48.9 Å². The molecule has 7 nitrogen and oxygen atoms in total. The number of hydrogen-bond donors (Lipinski definition) is 2. The summed E-state index contributed by atoms with van der Waals surface area (Å²) in [6, 6.07) is 4.59. The van der Waals surface area contributed by atoms with E-state index in [0.717, 1.165) is 11.3 Å². The van der Waals surface area contributed by atoms with Crippen molar-refractivity contribution in [1.82, 2.24) is 4.98 Å². The van der Waals surface area contributed by atoms with Gasteiger partial charge in [-0.2, -0.15) is 0 Å². The van der Waals surface area contributed by atoms with Gasteiger partial charge in [0, 0.05) is 0 Å². The van der Waals surface area contributed by atoms with Gasteiger partial charge in [-0.15, -0.1) is 11.3 Å². The largest absolute Gasteiger partial charge is 0.496 e. The summed E-state index contributed by atoms with van der Waals surface area (Å²) in [7, 11) is -2.53. The number of sulfonamides is 1. The van der Waals surface area contributed by atoms with E-state index in [4.69, 9.17) is 9.84 Å². The van der Waals surface area contributed by atoms with Gasteiger partial charge in [-0.3, -0.25) is 4.72 Å². The van der Waals surface area contributed by atoms with Crippen LogP contribution in [0.3, 0.4) is 0 Å². The number of carbonyl (C=O) groups is 1. The summed E-state index contributed by atoms with van der Waals surface area (Å²) in [6.07, 6.45) is 0. The van der Waals surface area contributed by atoms with Crippen LogP contribution in [0.1, 0.15) is 10.5 Å². The number of methoxy groups -OCH3 is 1. The summed E-state index contributed by atoms with van der Waals surface area (Å²) in [5, 5.41) is 8.92. The molecule has 2 N–H and O–H groups in total. The molecule has 21 heavy (non-hydrogen) atoms. The fourth-order valence-electron chi connectivity index (χ4n) is 1.50. The van der Waals surface area contributed by atoms with E-state index >= 15 is 0 Å². The first-order valence-electron chi connectivity index (χ1n) is 5.38. The highest BCUT2D eigenvalue weighted by atomic mass is 79.9. The molecule has 2 rings (SSSR count). The molecular formula is C11H9BrN2O5S2. The van der Waals surface area contributed by atoms with Crippen LogP contribution >= 0.6 is 27.3 Å². The average Bonchev–Trinajstić information content (AvgIpc) is 2.88. The number of carboxylic acid groups (broad SMARTS) is 1. The molecule has 1 aromatic carbocycles. The van der Waals surface area contributed by atoms with E-state index in [1.807, 2.05) is 0 Å². The molecule has 1 heterocycles. The van der Waals surface area contributed by atoms with Crippen molar-refractivity contribution in [2.75, 3.05) is 11.8 Å². The molecule has 0 saturated carbocycles. The second kappa shape index (κ2) is 6.00. The summed E-state index contributed by atoms with van der Waals surface area (Å²) in [5.41, 5.74) is 0.939. The van der Waals surface area contributed by atoms with Gasteiger partial charge < -0.3 is 9.84 Å². The maximum atomic E-state index is 12.2. The maximum absolute atomic E-state index is 12.2. The van der Waals surface area contributed by atoms with Crippen LogP contribution in [0.15, 0.2) is 32.4 Å². The van der Waals surface area contributed by atoms with E-state index in [1.165, 1.54) is 24.8 Å². The van der Waals surface area contributed by atoms with Gasteiger partial charge in [0.15, 0.2) is 9.90 Å². The number of nitrogens with one attached hydrogen (secondary N) is 1. The standard InChI is InChI=1S/C11H9BrN2O5S2/c1-19-8-3-2-6(4-7(8)12)14-21(17,18)11-9(10(15)16)13-5-20-11/h2-5,14H,1H3,(H,15,16). The lowest BCUT2D eigenvalue weighted by Crippen LogP contribution is -2.15. The number of halogens is 1. The summed E-state index contributed by atoms with van der Waals surface area (Å²) in [4.78, 5) is 14.5. The highest BCUT2D eigenvalue weighted by Crippen LogP contribution is 2.30. The first kappa shape index (κ1) is 15.7. The molecule has 0 unspecified atom stereocenters. The molecule has 0 aliphatic carbocycles. The highest BCUT2D eigenvalue weighted by molar-refractivity contribution is 9.10. The Morgan fingerprint density at radius 1 is 1.48 bits per heavy atom. The first-order valence-corrected chi connectivity index (χ1v) is 8.54. The molecule has 0 saturated heterocycles. The molecule has 0 bridgehead atoms. The number of thiazole rings is 1. The van der Waals surface area contributed by atoms with Gasteiger partial charge in [0.05, 0.1) is 22.8 Å². The molecule has 0 fully saturated rings. The van der Waals surface area contributed by atoms with Crippen LogP contribution in [-0.4, -0.2) is 31.6 Å². The van der Waals surface area contributed by atoms with Gasteiger partial charge in [0.2, 0.25) is 0 Å². The van der Waals surface area contributed by atoms with Crippen LogP contribution in [-0.2, 0) is 10.0 Å². The summed E-state index contributed by atoms with van der Waals surface area (Å²) >= 11 is 3.97. The number of aromatic carboxylic acids is 1. The number of benzene rings is 1. The van der Waals surface area contributed by atoms with Gasteiger partial charge in [-0.05, 0) is 34.1 Å². The third-order valence-electron chi connectivity index (χ3n) is 2.39. The fraction of sp³-hybridized carbons (Fsp3) is 0.0909. The number of anilines is 1. The monoisotopic (exact) mass is 392 g/mol. The van der Waals surface area contributed by atoms with Crippen LogP contribution in [0.2, 0.25) is 0 Å². The van der Waals surface area contributed by atoms with Gasteiger partial charge in [0.25, 0.3) is 10.0 Å². The Labute approximate surface area is 132 Å². The van der Waals surface area contributed by atoms with Crippen LogP contribution in [0.4, 0.5) is 5.69 Å². The number of ether oxygens (including phenoxy) is 1. The predicted molar refractivity (Wildman–Crippen MR) is 80.6 cm³/mol. The number of aromatic nitrogens is 1. The quantitative estimate of drug-likeness (QED) is 0.808. The second-order valence-electron chi connectivity index (χ2n) is 3.75. The van der Waals surface area contributed by atoms with Crippen molar-refractivity contribution in [3.05, 3.63) is 33.9 Å². The van der Waals surface area contributed by atoms with Gasteiger partial charge >= 0.3 is 5.97 Å². The fourth-order valence-corrected chi connectivity index (χ4v) is 4.23. The summed E-state index contributed by atoms with van der Waals surface area (Å²) in [6.45, 7) is 0. The molecule has 112 valence electrons. The minimum absolute atomic E-state index is 0.271. The Kier molecular flexibility index (Phi) is 4.49. The zero-order valence-electron chi connectivity index (χ0n) is 10.5. The Morgan fingerprint density at radius 2 is 2.19 bits per heavy atom. The molecule has 0 amide bonds. The Morgan fingerprint density at radius 3 is 2.76 bits per heavy atom. The Hall–Kier alpha value is -1.65. The number of carboxylic acids is 1. The van der Waals surface area contributed by atoms with E-state index in [9.17, 15) is 13.2 Å². The minimum Gasteiger partial charge on any atom is -0.496 e. The summed E-state index contributed by atoms with van der Waals surface area (Å²) in [5.74, 6) is -0.852. The molecule has 0 atom stereocenters. The van der Waals surface area contributed by atoms with Crippen LogP contribution < -0.4 is 9.46 Å². The topological polar surface area (TPSA) is 106 Å². The number of rotatable bonds is 5. The van der Waals surface area contributed by atoms with Gasteiger partial charge in [-0.25, -0.2) is 18.2 Å². The lowest BCUT2D eigenvalue weighted by Gasteiger charge is -2.09. The minimum atomic E-state index is -4.02. The first-order chi connectivity index (χ1) is 9.85. The maximum Gasteiger partial charge on any atom is 0.356 e. The molecule has 0 aliphatic heterocycles. The Bertz CT molecular complexity index is 788. The molecular weight excluding hydrogens is 384 g/mol. The summed E-state index contributed by atoms with van der Waals surface area (Å²) < 4.78 is 32.0. The zero-order chi connectivity index (χ0) is 15.6. The smallest absolute Gasteiger partial charge is 0.356 e. The normalized spacial score (nSPS) is 11.1. The molecule has 10 heteroatoms. The Balaban J connectivity index is 2.35. The van der Waals surface area contributed by atoms with Gasteiger partial charge in [-0.1, -0.05) is 0 Å². The van der Waals surface area contributed by atoms with Crippen LogP contribution in [0.25, 0.3) is 0 Å². The zero-order valence-corrected chi connectivity index (χ0v) is 13.8.